The topological polar surface area (TPSA) is 86.8 Å². The highest BCUT2D eigenvalue weighted by molar-refractivity contribution is 7.92. The summed E-state index contributed by atoms with van der Waals surface area (Å²) in [5, 5.41) is 3.78. The van der Waals surface area contributed by atoms with Gasteiger partial charge in [0.1, 0.15) is 12.6 Å². The van der Waals surface area contributed by atoms with E-state index in [1.165, 1.54) is 23.1 Å². The molecule has 0 aromatic heterocycles. The molecule has 7 nitrogen and oxygen atoms in total. The molecule has 0 heterocycles. The van der Waals surface area contributed by atoms with Gasteiger partial charge in [0.05, 0.1) is 11.9 Å². The molecule has 0 aliphatic heterocycles. The van der Waals surface area contributed by atoms with E-state index in [0.717, 1.165) is 16.1 Å². The Morgan fingerprint density at radius 2 is 1.49 bits per heavy atom. The van der Waals surface area contributed by atoms with Crippen molar-refractivity contribution in [3.05, 3.63) is 97.9 Å². The maximum Gasteiger partial charge on any atom is 0.244 e. The lowest BCUT2D eigenvalue weighted by atomic mass is 10.0. The lowest BCUT2D eigenvalue weighted by molar-refractivity contribution is -0.140. The van der Waals surface area contributed by atoms with Gasteiger partial charge in [0.25, 0.3) is 0 Å². The fourth-order valence-corrected chi connectivity index (χ4v) is 5.86. The predicted molar refractivity (Wildman–Crippen MR) is 158 cm³/mol. The minimum atomic E-state index is -3.97. The van der Waals surface area contributed by atoms with Gasteiger partial charge in [-0.2, -0.15) is 0 Å². The largest absolute Gasteiger partial charge is 0.355 e. The molecule has 0 aliphatic carbocycles. The van der Waals surface area contributed by atoms with Crippen molar-refractivity contribution >= 4 is 73.9 Å². The van der Waals surface area contributed by atoms with E-state index in [2.05, 4.69) is 5.32 Å². The predicted octanol–water partition coefficient (Wildman–Crippen LogP) is 5.84. The van der Waals surface area contributed by atoms with E-state index < -0.39 is 34.4 Å². The quantitative estimate of drug-likeness (QED) is 0.288. The Labute approximate surface area is 248 Å². The van der Waals surface area contributed by atoms with Crippen LogP contribution in [0.25, 0.3) is 0 Å². The average Bonchev–Trinajstić information content (AvgIpc) is 2.85. The third kappa shape index (κ3) is 8.50. The summed E-state index contributed by atoms with van der Waals surface area (Å²) in [5.41, 5.74) is 1.34. The van der Waals surface area contributed by atoms with Gasteiger partial charge in [-0.15, -0.1) is 0 Å². The van der Waals surface area contributed by atoms with Crippen LogP contribution in [0.2, 0.25) is 20.1 Å². The van der Waals surface area contributed by atoms with E-state index in [1.54, 1.807) is 25.1 Å². The van der Waals surface area contributed by atoms with Crippen LogP contribution in [0.1, 0.15) is 18.1 Å². The van der Waals surface area contributed by atoms with Crippen molar-refractivity contribution < 1.29 is 18.0 Å². The fraction of sp³-hybridized carbons (Fsp3) is 0.259. The van der Waals surface area contributed by atoms with Gasteiger partial charge >= 0.3 is 0 Å². The molecule has 3 aromatic carbocycles. The van der Waals surface area contributed by atoms with E-state index in [0.29, 0.717) is 22.2 Å². The Morgan fingerprint density at radius 3 is 2.03 bits per heavy atom. The molecule has 1 N–H and O–H groups in total. The number of carbonyl (C=O) groups is 2. The molecule has 1 atom stereocenters. The van der Waals surface area contributed by atoms with Crippen molar-refractivity contribution in [2.24, 2.45) is 0 Å². The van der Waals surface area contributed by atoms with Crippen molar-refractivity contribution in [2.75, 3.05) is 23.7 Å². The summed E-state index contributed by atoms with van der Waals surface area (Å²) in [6, 6.07) is 17.3. The van der Waals surface area contributed by atoms with Gasteiger partial charge in [0.2, 0.25) is 21.8 Å². The van der Waals surface area contributed by atoms with Crippen LogP contribution in [0.4, 0.5) is 5.69 Å². The van der Waals surface area contributed by atoms with Crippen LogP contribution < -0.4 is 9.62 Å². The molecule has 0 spiro atoms. The van der Waals surface area contributed by atoms with Gasteiger partial charge in [-0.25, -0.2) is 8.42 Å². The molecule has 2 amide bonds. The molecule has 0 saturated carbocycles. The van der Waals surface area contributed by atoms with Crippen LogP contribution in [-0.4, -0.2) is 50.5 Å². The number of nitrogens with zero attached hydrogens (tertiary/aromatic N) is 2. The summed E-state index contributed by atoms with van der Waals surface area (Å²) in [7, 11) is -3.97. The molecule has 0 saturated heterocycles. The summed E-state index contributed by atoms with van der Waals surface area (Å²) in [5.74, 6) is -1.06. The minimum Gasteiger partial charge on any atom is -0.355 e. The Hall–Kier alpha value is -2.49. The third-order valence-corrected chi connectivity index (χ3v) is 8.11. The maximum atomic E-state index is 14.0. The van der Waals surface area contributed by atoms with Crippen LogP contribution in [-0.2, 0) is 32.6 Å². The van der Waals surface area contributed by atoms with E-state index in [4.69, 9.17) is 46.4 Å². The zero-order valence-electron chi connectivity index (χ0n) is 21.2. The van der Waals surface area contributed by atoms with Crippen molar-refractivity contribution in [2.45, 2.75) is 25.9 Å². The van der Waals surface area contributed by atoms with E-state index >= 15 is 0 Å². The molecule has 3 rings (SSSR count). The number of hydrogen-bond donors (Lipinski definition) is 1. The molecular weight excluding hydrogens is 604 g/mol. The van der Waals surface area contributed by atoms with Gasteiger partial charge in [0, 0.05) is 45.2 Å². The molecule has 0 fully saturated rings. The number of halogens is 4. The van der Waals surface area contributed by atoms with Crippen molar-refractivity contribution in [1.29, 1.82) is 0 Å². The van der Waals surface area contributed by atoms with E-state index in [1.807, 2.05) is 30.3 Å². The summed E-state index contributed by atoms with van der Waals surface area (Å²) >= 11 is 25.1. The van der Waals surface area contributed by atoms with E-state index in [9.17, 15) is 18.0 Å². The molecule has 208 valence electrons. The standard InChI is InChI=1S/C27H27Cl4N3O4S/c1-3-32-27(36)25(12-18-8-5-4-6-9-18)33(16-22-23(30)10-7-11-24(22)31)26(35)17-34(39(2,37)38)21-14-19(28)13-20(29)15-21/h4-11,13-15,25H,3,12,16-17H2,1-2H3,(H,32,36). The minimum absolute atomic E-state index is 0.108. The molecule has 0 aliphatic rings. The highest BCUT2D eigenvalue weighted by Gasteiger charge is 2.33. The summed E-state index contributed by atoms with van der Waals surface area (Å²) < 4.78 is 26.5. The monoisotopic (exact) mass is 629 g/mol. The highest BCUT2D eigenvalue weighted by Crippen LogP contribution is 2.29. The van der Waals surface area contributed by atoms with Gasteiger partial charge in [-0.1, -0.05) is 82.8 Å². The lowest BCUT2D eigenvalue weighted by Gasteiger charge is -2.34. The second kappa shape index (κ2) is 13.7. The maximum absolute atomic E-state index is 14.0. The average molecular weight is 631 g/mol. The highest BCUT2D eigenvalue weighted by atomic mass is 35.5. The second-order valence-corrected chi connectivity index (χ2v) is 12.3. The summed E-state index contributed by atoms with van der Waals surface area (Å²) in [6.45, 7) is 1.33. The number of anilines is 1. The Morgan fingerprint density at radius 1 is 0.897 bits per heavy atom. The zero-order chi connectivity index (χ0) is 28.7. The normalized spacial score (nSPS) is 12.1. The number of sulfonamides is 1. The van der Waals surface area contributed by atoms with Crippen LogP contribution in [0.15, 0.2) is 66.7 Å². The first-order chi connectivity index (χ1) is 18.4. The van der Waals surface area contributed by atoms with Crippen molar-refractivity contribution in [1.82, 2.24) is 10.2 Å². The van der Waals surface area contributed by atoms with Gasteiger partial charge in [-0.3, -0.25) is 13.9 Å². The molecule has 0 bridgehead atoms. The Balaban J connectivity index is 2.10. The van der Waals surface area contributed by atoms with Gasteiger partial charge < -0.3 is 10.2 Å². The Kier molecular flexibility index (Phi) is 10.9. The molecule has 3 aromatic rings. The molecule has 12 heteroatoms. The SMILES string of the molecule is CCNC(=O)C(Cc1ccccc1)N(Cc1c(Cl)cccc1Cl)C(=O)CN(c1cc(Cl)cc(Cl)c1)S(C)(=O)=O. The number of hydrogen-bond acceptors (Lipinski definition) is 4. The Bertz CT molecular complexity index is 1400. The number of benzene rings is 3. The number of rotatable bonds is 11. The third-order valence-electron chi connectivity index (χ3n) is 5.83. The summed E-state index contributed by atoms with van der Waals surface area (Å²) in [6.07, 6.45) is 1.14. The van der Waals surface area contributed by atoms with Crippen LogP contribution in [0.3, 0.4) is 0 Å². The smallest absolute Gasteiger partial charge is 0.244 e. The van der Waals surface area contributed by atoms with Crippen LogP contribution in [0, 0.1) is 0 Å². The molecule has 0 radical (unpaired) electrons. The zero-order valence-corrected chi connectivity index (χ0v) is 25.0. The van der Waals surface area contributed by atoms with E-state index in [-0.39, 0.29) is 28.7 Å². The number of carbonyl (C=O) groups excluding carboxylic acids is 2. The molecule has 39 heavy (non-hydrogen) atoms. The second-order valence-electron chi connectivity index (χ2n) is 8.72. The lowest BCUT2D eigenvalue weighted by Crippen LogP contribution is -2.53. The molecular formula is C27H27Cl4N3O4S. The van der Waals surface area contributed by atoms with Crippen molar-refractivity contribution in [3.8, 4) is 0 Å². The van der Waals surface area contributed by atoms with Crippen LogP contribution in [0.5, 0.6) is 0 Å². The number of amides is 2. The summed E-state index contributed by atoms with van der Waals surface area (Å²) in [4.78, 5) is 28.7. The fourth-order valence-electron chi connectivity index (χ4n) is 4.00. The van der Waals surface area contributed by atoms with Gasteiger partial charge in [-0.05, 0) is 42.8 Å². The first-order valence-electron chi connectivity index (χ1n) is 11.9. The van der Waals surface area contributed by atoms with Gasteiger partial charge in [0.15, 0.2) is 0 Å². The molecule has 1 unspecified atom stereocenters. The number of nitrogens with one attached hydrogen (secondary N) is 1. The first kappa shape index (κ1) is 31.0. The first-order valence-corrected chi connectivity index (χ1v) is 15.2. The number of likely N-dealkylation sites (N-methyl/N-ethyl adjacent to an activating group) is 1. The van der Waals surface area contributed by atoms with Crippen molar-refractivity contribution in [3.63, 3.8) is 0 Å². The van der Waals surface area contributed by atoms with Crippen LogP contribution >= 0.6 is 46.4 Å².